The minimum absolute atomic E-state index is 0.218. The molecule has 0 aromatic heterocycles. The Morgan fingerprint density at radius 3 is 2.19 bits per heavy atom. The second-order valence-corrected chi connectivity index (χ2v) is 4.76. The van der Waals surface area contributed by atoms with Crippen LogP contribution in [0.4, 0.5) is 0 Å². The molecule has 4 heteroatoms. The number of nitrogens with one attached hydrogen (secondary N) is 1. The molecule has 0 amide bonds. The van der Waals surface area contributed by atoms with E-state index in [-0.39, 0.29) is 11.6 Å². The maximum absolute atomic E-state index is 11.7. The molecule has 0 rings (SSSR count). The predicted octanol–water partition coefficient (Wildman–Crippen LogP) is 1.73. The van der Waals surface area contributed by atoms with Crippen LogP contribution in [0.15, 0.2) is 0 Å². The molecule has 96 valence electrons. The van der Waals surface area contributed by atoms with E-state index in [0.717, 1.165) is 6.42 Å². The van der Waals surface area contributed by atoms with Gasteiger partial charge in [0, 0.05) is 0 Å². The van der Waals surface area contributed by atoms with Gasteiger partial charge in [-0.05, 0) is 33.7 Å². The van der Waals surface area contributed by atoms with Gasteiger partial charge in [-0.25, -0.2) is 4.79 Å². The van der Waals surface area contributed by atoms with Gasteiger partial charge in [0.05, 0.1) is 19.3 Å². The van der Waals surface area contributed by atoms with E-state index < -0.39 is 5.54 Å². The van der Waals surface area contributed by atoms with Crippen molar-refractivity contribution in [3.63, 3.8) is 0 Å². The third kappa shape index (κ3) is 4.49. The summed E-state index contributed by atoms with van der Waals surface area (Å²) in [6, 6.07) is 0. The molecule has 0 fully saturated rings. The Morgan fingerprint density at radius 1 is 1.25 bits per heavy atom. The van der Waals surface area contributed by atoms with Gasteiger partial charge >= 0.3 is 5.97 Å². The molecule has 1 unspecified atom stereocenters. The van der Waals surface area contributed by atoms with Gasteiger partial charge in [-0.2, -0.15) is 0 Å². The quantitative estimate of drug-likeness (QED) is 0.678. The Morgan fingerprint density at radius 2 is 1.81 bits per heavy atom. The SMILES string of the molecule is CCNC(C)(COC(C)(C)CC)C(=O)OC. The summed E-state index contributed by atoms with van der Waals surface area (Å²) in [5.74, 6) is -0.291. The highest BCUT2D eigenvalue weighted by Gasteiger charge is 2.35. The van der Waals surface area contributed by atoms with Crippen molar-refractivity contribution in [1.82, 2.24) is 5.32 Å². The molecule has 1 N–H and O–H groups in total. The zero-order valence-electron chi connectivity index (χ0n) is 11.3. The molecule has 0 aliphatic rings. The van der Waals surface area contributed by atoms with Crippen molar-refractivity contribution in [1.29, 1.82) is 0 Å². The van der Waals surface area contributed by atoms with Gasteiger partial charge in [-0.15, -0.1) is 0 Å². The predicted molar refractivity (Wildman–Crippen MR) is 64.4 cm³/mol. The molecule has 4 nitrogen and oxygen atoms in total. The van der Waals surface area contributed by atoms with Gasteiger partial charge in [0.15, 0.2) is 0 Å². The summed E-state index contributed by atoms with van der Waals surface area (Å²) in [5, 5.41) is 3.11. The fourth-order valence-corrected chi connectivity index (χ4v) is 1.24. The number of carbonyl (C=O) groups is 1. The molecular weight excluding hydrogens is 206 g/mol. The number of hydrogen-bond donors (Lipinski definition) is 1. The van der Waals surface area contributed by atoms with Gasteiger partial charge in [0.1, 0.15) is 5.54 Å². The van der Waals surface area contributed by atoms with Gasteiger partial charge in [-0.3, -0.25) is 0 Å². The lowest BCUT2D eigenvalue weighted by molar-refractivity contribution is -0.153. The van der Waals surface area contributed by atoms with Gasteiger partial charge in [0.2, 0.25) is 0 Å². The third-order valence-electron chi connectivity index (χ3n) is 2.81. The second-order valence-electron chi connectivity index (χ2n) is 4.76. The van der Waals surface area contributed by atoms with Crippen LogP contribution in [-0.2, 0) is 14.3 Å². The Bertz CT molecular complexity index is 228. The second kappa shape index (κ2) is 6.21. The molecule has 0 aromatic carbocycles. The van der Waals surface area contributed by atoms with E-state index in [1.807, 2.05) is 20.8 Å². The molecule has 0 aliphatic carbocycles. The molecule has 0 saturated heterocycles. The van der Waals surface area contributed by atoms with Crippen molar-refractivity contribution in [3.8, 4) is 0 Å². The number of esters is 1. The van der Waals surface area contributed by atoms with E-state index in [4.69, 9.17) is 9.47 Å². The van der Waals surface area contributed by atoms with E-state index in [0.29, 0.717) is 13.2 Å². The van der Waals surface area contributed by atoms with Crippen molar-refractivity contribution in [3.05, 3.63) is 0 Å². The Balaban J connectivity index is 4.50. The van der Waals surface area contributed by atoms with E-state index in [1.54, 1.807) is 6.92 Å². The fourth-order valence-electron chi connectivity index (χ4n) is 1.24. The normalized spacial score (nSPS) is 15.6. The maximum atomic E-state index is 11.7. The summed E-state index contributed by atoms with van der Waals surface area (Å²) < 4.78 is 10.5. The van der Waals surface area contributed by atoms with E-state index >= 15 is 0 Å². The molecular formula is C12H25NO3. The van der Waals surface area contributed by atoms with Crippen LogP contribution in [0.2, 0.25) is 0 Å². The highest BCUT2D eigenvalue weighted by Crippen LogP contribution is 2.17. The van der Waals surface area contributed by atoms with E-state index in [9.17, 15) is 4.79 Å². The first-order valence-electron chi connectivity index (χ1n) is 5.78. The molecule has 0 saturated carbocycles. The molecule has 0 bridgehead atoms. The molecule has 0 heterocycles. The maximum Gasteiger partial charge on any atom is 0.328 e. The highest BCUT2D eigenvalue weighted by molar-refractivity contribution is 5.80. The van der Waals surface area contributed by atoms with Crippen LogP contribution >= 0.6 is 0 Å². The lowest BCUT2D eigenvalue weighted by Gasteiger charge is -2.32. The Hall–Kier alpha value is -0.610. The average Bonchev–Trinajstić information content (AvgIpc) is 2.26. The van der Waals surface area contributed by atoms with Crippen LogP contribution in [0.5, 0.6) is 0 Å². The first kappa shape index (κ1) is 15.4. The van der Waals surface area contributed by atoms with Crippen LogP contribution < -0.4 is 5.32 Å². The molecule has 0 spiro atoms. The van der Waals surface area contributed by atoms with Crippen molar-refractivity contribution in [2.24, 2.45) is 0 Å². The van der Waals surface area contributed by atoms with Crippen molar-refractivity contribution >= 4 is 5.97 Å². The van der Waals surface area contributed by atoms with Gasteiger partial charge in [0.25, 0.3) is 0 Å². The minimum atomic E-state index is -0.768. The zero-order valence-corrected chi connectivity index (χ0v) is 11.3. The summed E-state index contributed by atoms with van der Waals surface area (Å²) in [6.45, 7) is 10.8. The third-order valence-corrected chi connectivity index (χ3v) is 2.81. The number of ether oxygens (including phenoxy) is 2. The smallest absolute Gasteiger partial charge is 0.328 e. The summed E-state index contributed by atoms with van der Waals surface area (Å²) in [6.07, 6.45) is 0.899. The highest BCUT2D eigenvalue weighted by atomic mass is 16.5. The van der Waals surface area contributed by atoms with Crippen molar-refractivity contribution in [2.75, 3.05) is 20.3 Å². The van der Waals surface area contributed by atoms with Crippen LogP contribution in [0.3, 0.4) is 0 Å². The average molecular weight is 231 g/mol. The topological polar surface area (TPSA) is 47.6 Å². The zero-order chi connectivity index (χ0) is 12.8. The van der Waals surface area contributed by atoms with Gasteiger partial charge in [-0.1, -0.05) is 13.8 Å². The number of carbonyl (C=O) groups excluding carboxylic acids is 1. The molecule has 16 heavy (non-hydrogen) atoms. The summed E-state index contributed by atoms with van der Waals surface area (Å²) in [5.41, 5.74) is -0.985. The van der Waals surface area contributed by atoms with Crippen LogP contribution in [-0.4, -0.2) is 37.4 Å². The molecule has 0 radical (unpaired) electrons. The summed E-state index contributed by atoms with van der Waals surface area (Å²) in [7, 11) is 1.39. The number of hydrogen-bond acceptors (Lipinski definition) is 4. The Kier molecular flexibility index (Phi) is 5.97. The fraction of sp³-hybridized carbons (Fsp3) is 0.917. The van der Waals surface area contributed by atoms with Crippen molar-refractivity contribution < 1.29 is 14.3 Å². The van der Waals surface area contributed by atoms with E-state index in [2.05, 4.69) is 12.2 Å². The lowest BCUT2D eigenvalue weighted by atomic mass is 10.0. The first-order valence-corrected chi connectivity index (χ1v) is 5.78. The minimum Gasteiger partial charge on any atom is -0.468 e. The van der Waals surface area contributed by atoms with Gasteiger partial charge < -0.3 is 14.8 Å². The number of methoxy groups -OCH3 is 1. The largest absolute Gasteiger partial charge is 0.468 e. The van der Waals surface area contributed by atoms with Crippen LogP contribution in [0.1, 0.15) is 41.0 Å². The number of likely N-dealkylation sites (N-methyl/N-ethyl adjacent to an activating group) is 1. The van der Waals surface area contributed by atoms with Crippen molar-refractivity contribution in [2.45, 2.75) is 52.2 Å². The lowest BCUT2D eigenvalue weighted by Crippen LogP contribution is -2.54. The summed E-state index contributed by atoms with van der Waals surface area (Å²) in [4.78, 5) is 11.7. The first-order chi connectivity index (χ1) is 7.31. The number of rotatable bonds is 7. The van der Waals surface area contributed by atoms with E-state index in [1.165, 1.54) is 7.11 Å². The standard InChI is InChI=1S/C12H25NO3/c1-7-11(3,4)16-9-12(5,13-8-2)10(14)15-6/h13H,7-9H2,1-6H3. The molecule has 1 atom stereocenters. The molecule has 0 aromatic rings. The molecule has 0 aliphatic heterocycles. The monoisotopic (exact) mass is 231 g/mol. The van der Waals surface area contributed by atoms with Crippen LogP contribution in [0, 0.1) is 0 Å². The van der Waals surface area contributed by atoms with Crippen LogP contribution in [0.25, 0.3) is 0 Å². The Labute approximate surface area is 98.7 Å². The summed E-state index contributed by atoms with van der Waals surface area (Å²) >= 11 is 0.